The quantitative estimate of drug-likeness (QED) is 0.631. The maximum absolute atomic E-state index is 5.61. The van der Waals surface area contributed by atoms with Crippen LogP contribution in [0.1, 0.15) is 11.3 Å². The van der Waals surface area contributed by atoms with Crippen molar-refractivity contribution in [1.29, 1.82) is 0 Å². The Bertz CT molecular complexity index is 440. The Kier molecular flexibility index (Phi) is 4.11. The van der Waals surface area contributed by atoms with Gasteiger partial charge >= 0.3 is 0 Å². The molecule has 0 spiro atoms. The molecule has 3 nitrogen and oxygen atoms in total. The molecule has 0 aliphatic heterocycles. The van der Waals surface area contributed by atoms with E-state index in [4.69, 9.17) is 10.5 Å². The minimum absolute atomic E-state index is 0.618. The second-order valence-electron chi connectivity index (χ2n) is 3.87. The van der Waals surface area contributed by atoms with E-state index < -0.39 is 0 Å². The third kappa shape index (κ3) is 3.89. The first-order valence-corrected chi connectivity index (χ1v) is 5.66. The van der Waals surface area contributed by atoms with Crippen LogP contribution in [0.5, 0.6) is 0 Å². The molecule has 1 aromatic heterocycles. The molecule has 1 aromatic carbocycles. The Labute approximate surface area is 101 Å². The van der Waals surface area contributed by atoms with Crippen LogP contribution in [0.2, 0.25) is 0 Å². The molecule has 0 saturated carbocycles. The number of nitrogen functional groups attached to an aromatic ring is 1. The Hall–Kier alpha value is -1.87. The highest BCUT2D eigenvalue weighted by Gasteiger charge is 1.95. The zero-order chi connectivity index (χ0) is 11.9. The van der Waals surface area contributed by atoms with Crippen molar-refractivity contribution in [1.82, 2.24) is 4.98 Å². The molecule has 2 aromatic rings. The molecule has 2 rings (SSSR count). The van der Waals surface area contributed by atoms with Crippen molar-refractivity contribution in [3.63, 3.8) is 0 Å². The summed E-state index contributed by atoms with van der Waals surface area (Å²) in [5.41, 5.74) is 8.59. The summed E-state index contributed by atoms with van der Waals surface area (Å²) in [7, 11) is 0. The lowest BCUT2D eigenvalue weighted by molar-refractivity contribution is 0.123. The molecular formula is C14H16N2O. The van der Waals surface area contributed by atoms with Gasteiger partial charge in [-0.3, -0.25) is 4.98 Å². The van der Waals surface area contributed by atoms with Gasteiger partial charge in [-0.05, 0) is 29.8 Å². The number of ether oxygens (including phenoxy) is 1. The van der Waals surface area contributed by atoms with E-state index in [9.17, 15) is 0 Å². The van der Waals surface area contributed by atoms with Gasteiger partial charge in [-0.1, -0.05) is 18.2 Å². The molecule has 88 valence electrons. The van der Waals surface area contributed by atoms with Crippen molar-refractivity contribution in [2.24, 2.45) is 0 Å². The minimum Gasteiger partial charge on any atom is -0.399 e. The zero-order valence-corrected chi connectivity index (χ0v) is 9.67. The number of nitrogens with two attached hydrogens (primary N) is 1. The fourth-order valence-electron chi connectivity index (χ4n) is 1.53. The van der Waals surface area contributed by atoms with Crippen molar-refractivity contribution in [2.45, 2.75) is 13.0 Å². The lowest BCUT2D eigenvalue weighted by Crippen LogP contribution is -2.00. The molecule has 0 radical (unpaired) electrons. The first-order chi connectivity index (χ1) is 8.34. The van der Waals surface area contributed by atoms with Crippen LogP contribution in [0.15, 0.2) is 48.7 Å². The maximum atomic E-state index is 5.61. The van der Waals surface area contributed by atoms with Crippen LogP contribution >= 0.6 is 0 Å². The molecule has 0 bridgehead atoms. The molecule has 2 N–H and O–H groups in total. The number of hydrogen-bond acceptors (Lipinski definition) is 3. The standard InChI is InChI=1S/C14H16N2O/c15-13-6-4-12(5-7-13)11-17-10-8-14-3-1-2-9-16-14/h1-7,9H,8,10-11,15H2. The second-order valence-corrected chi connectivity index (χ2v) is 3.87. The van der Waals surface area contributed by atoms with Crippen LogP contribution in [0.4, 0.5) is 5.69 Å². The number of hydrogen-bond donors (Lipinski definition) is 1. The summed E-state index contributed by atoms with van der Waals surface area (Å²) in [6.45, 7) is 1.30. The van der Waals surface area contributed by atoms with Crippen molar-refractivity contribution in [2.75, 3.05) is 12.3 Å². The highest BCUT2D eigenvalue weighted by Crippen LogP contribution is 2.06. The van der Waals surface area contributed by atoms with Crippen LogP contribution in [0.3, 0.4) is 0 Å². The van der Waals surface area contributed by atoms with Crippen molar-refractivity contribution < 1.29 is 4.74 Å². The van der Waals surface area contributed by atoms with Gasteiger partial charge in [-0.15, -0.1) is 0 Å². The zero-order valence-electron chi connectivity index (χ0n) is 9.67. The number of anilines is 1. The van der Waals surface area contributed by atoms with Gasteiger partial charge in [0.2, 0.25) is 0 Å². The smallest absolute Gasteiger partial charge is 0.0717 e. The molecule has 0 aliphatic rings. The molecule has 0 saturated heterocycles. The van der Waals surface area contributed by atoms with Crippen LogP contribution in [-0.4, -0.2) is 11.6 Å². The average Bonchev–Trinajstić information content (AvgIpc) is 2.38. The largest absolute Gasteiger partial charge is 0.399 e. The van der Waals surface area contributed by atoms with E-state index in [1.807, 2.05) is 42.5 Å². The third-order valence-corrected chi connectivity index (χ3v) is 2.48. The monoisotopic (exact) mass is 228 g/mol. The summed E-state index contributed by atoms with van der Waals surface area (Å²) in [4.78, 5) is 4.24. The van der Waals surface area contributed by atoms with Crippen LogP contribution in [0.25, 0.3) is 0 Å². The van der Waals surface area contributed by atoms with E-state index in [0.29, 0.717) is 13.2 Å². The average molecular weight is 228 g/mol. The summed E-state index contributed by atoms with van der Waals surface area (Å²) in [5.74, 6) is 0. The van der Waals surface area contributed by atoms with Gasteiger partial charge in [-0.2, -0.15) is 0 Å². The molecular weight excluding hydrogens is 212 g/mol. The molecule has 17 heavy (non-hydrogen) atoms. The Morgan fingerprint density at radius 1 is 1.06 bits per heavy atom. The van der Waals surface area contributed by atoms with Gasteiger partial charge < -0.3 is 10.5 Å². The lowest BCUT2D eigenvalue weighted by atomic mass is 10.2. The summed E-state index contributed by atoms with van der Waals surface area (Å²) in [5, 5.41) is 0. The molecule has 0 unspecified atom stereocenters. The van der Waals surface area contributed by atoms with Gasteiger partial charge in [0.25, 0.3) is 0 Å². The molecule has 1 heterocycles. The van der Waals surface area contributed by atoms with Crippen molar-refractivity contribution >= 4 is 5.69 Å². The van der Waals surface area contributed by atoms with Crippen LogP contribution < -0.4 is 5.73 Å². The van der Waals surface area contributed by atoms with E-state index >= 15 is 0 Å². The number of nitrogens with zero attached hydrogens (tertiary/aromatic N) is 1. The summed E-state index contributed by atoms with van der Waals surface area (Å²) in [6, 6.07) is 13.6. The topological polar surface area (TPSA) is 48.1 Å². The van der Waals surface area contributed by atoms with Crippen LogP contribution in [-0.2, 0) is 17.8 Å². The summed E-state index contributed by atoms with van der Waals surface area (Å²) < 4.78 is 5.58. The normalized spacial score (nSPS) is 10.4. The first kappa shape index (κ1) is 11.6. The number of benzene rings is 1. The molecule has 3 heteroatoms. The molecule has 0 aliphatic carbocycles. The summed E-state index contributed by atoms with van der Waals surface area (Å²) >= 11 is 0. The highest BCUT2D eigenvalue weighted by atomic mass is 16.5. The van der Waals surface area contributed by atoms with Gasteiger partial charge in [0.05, 0.1) is 13.2 Å². The van der Waals surface area contributed by atoms with Gasteiger partial charge in [0, 0.05) is 24.0 Å². The fourth-order valence-corrected chi connectivity index (χ4v) is 1.53. The van der Waals surface area contributed by atoms with E-state index in [1.165, 1.54) is 0 Å². The first-order valence-electron chi connectivity index (χ1n) is 5.66. The molecule has 0 amide bonds. The highest BCUT2D eigenvalue weighted by molar-refractivity contribution is 5.39. The predicted molar refractivity (Wildman–Crippen MR) is 68.5 cm³/mol. The lowest BCUT2D eigenvalue weighted by Gasteiger charge is -2.04. The number of rotatable bonds is 5. The van der Waals surface area contributed by atoms with E-state index in [-0.39, 0.29) is 0 Å². The Morgan fingerprint density at radius 2 is 1.88 bits per heavy atom. The number of aromatic nitrogens is 1. The van der Waals surface area contributed by atoms with E-state index in [1.54, 1.807) is 6.20 Å². The van der Waals surface area contributed by atoms with Crippen LogP contribution in [0, 0.1) is 0 Å². The van der Waals surface area contributed by atoms with Gasteiger partial charge in [-0.25, -0.2) is 0 Å². The Morgan fingerprint density at radius 3 is 2.59 bits per heavy atom. The van der Waals surface area contributed by atoms with E-state index in [2.05, 4.69) is 4.98 Å². The minimum atomic E-state index is 0.618. The fraction of sp³-hybridized carbons (Fsp3) is 0.214. The molecule has 0 atom stereocenters. The van der Waals surface area contributed by atoms with Gasteiger partial charge in [0.1, 0.15) is 0 Å². The molecule has 0 fully saturated rings. The third-order valence-electron chi connectivity index (χ3n) is 2.48. The van der Waals surface area contributed by atoms with E-state index in [0.717, 1.165) is 23.4 Å². The maximum Gasteiger partial charge on any atom is 0.0717 e. The van der Waals surface area contributed by atoms with Crippen molar-refractivity contribution in [3.8, 4) is 0 Å². The number of pyridine rings is 1. The SMILES string of the molecule is Nc1ccc(COCCc2ccccn2)cc1. The van der Waals surface area contributed by atoms with Crippen molar-refractivity contribution in [3.05, 3.63) is 59.9 Å². The second kappa shape index (κ2) is 6.01. The predicted octanol–water partition coefficient (Wildman–Crippen LogP) is 2.42. The van der Waals surface area contributed by atoms with Gasteiger partial charge in [0.15, 0.2) is 0 Å². The Balaban J connectivity index is 1.71. The summed E-state index contributed by atoms with van der Waals surface area (Å²) in [6.07, 6.45) is 2.64.